The molecule has 3 rings (SSSR count). The van der Waals surface area contributed by atoms with E-state index in [4.69, 9.17) is 13.9 Å². The van der Waals surface area contributed by atoms with Gasteiger partial charge in [0.15, 0.2) is 5.76 Å². The highest BCUT2D eigenvalue weighted by Gasteiger charge is 2.11. The first-order valence-corrected chi connectivity index (χ1v) is 8.94. The SMILES string of the molecule is COCCNCCNC(=O)c1ccc(COc2ccc3ccccc3c2)o1.Cl. The molecule has 1 amide bonds. The van der Waals surface area contributed by atoms with Crippen molar-refractivity contribution in [2.24, 2.45) is 0 Å². The number of rotatable bonds is 10. The van der Waals surface area contributed by atoms with E-state index in [9.17, 15) is 4.79 Å². The molecule has 7 heteroatoms. The molecule has 2 aromatic carbocycles. The zero-order valence-electron chi connectivity index (χ0n) is 15.8. The summed E-state index contributed by atoms with van der Waals surface area (Å²) in [5.74, 6) is 1.41. The second-order valence-corrected chi connectivity index (χ2v) is 6.06. The van der Waals surface area contributed by atoms with Crippen LogP contribution in [0.3, 0.4) is 0 Å². The lowest BCUT2D eigenvalue weighted by atomic mass is 10.1. The minimum Gasteiger partial charge on any atom is -0.486 e. The summed E-state index contributed by atoms with van der Waals surface area (Å²) in [6, 6.07) is 17.5. The van der Waals surface area contributed by atoms with Crippen molar-refractivity contribution in [3.63, 3.8) is 0 Å². The van der Waals surface area contributed by atoms with Gasteiger partial charge >= 0.3 is 0 Å². The van der Waals surface area contributed by atoms with E-state index in [1.807, 2.05) is 36.4 Å². The van der Waals surface area contributed by atoms with Gasteiger partial charge in [-0.15, -0.1) is 12.4 Å². The number of halogens is 1. The molecule has 0 aliphatic rings. The molecule has 150 valence electrons. The number of methoxy groups -OCH3 is 1. The molecule has 3 aromatic rings. The average molecular weight is 405 g/mol. The summed E-state index contributed by atoms with van der Waals surface area (Å²) in [6.45, 7) is 2.86. The molecule has 0 atom stereocenters. The normalized spacial score (nSPS) is 10.5. The van der Waals surface area contributed by atoms with Crippen LogP contribution in [0.15, 0.2) is 59.0 Å². The van der Waals surface area contributed by atoms with E-state index >= 15 is 0 Å². The third kappa shape index (κ3) is 6.27. The van der Waals surface area contributed by atoms with Crippen LogP contribution in [-0.2, 0) is 11.3 Å². The van der Waals surface area contributed by atoms with Gasteiger partial charge in [-0.1, -0.05) is 30.3 Å². The van der Waals surface area contributed by atoms with Crippen molar-refractivity contribution >= 4 is 29.1 Å². The Hall–Kier alpha value is -2.54. The Kier molecular flexibility index (Phi) is 8.81. The maximum Gasteiger partial charge on any atom is 0.287 e. The number of furan rings is 1. The largest absolute Gasteiger partial charge is 0.486 e. The van der Waals surface area contributed by atoms with Crippen LogP contribution in [0.2, 0.25) is 0 Å². The molecular weight excluding hydrogens is 380 g/mol. The van der Waals surface area contributed by atoms with Gasteiger partial charge < -0.3 is 24.5 Å². The maximum absolute atomic E-state index is 12.1. The van der Waals surface area contributed by atoms with E-state index in [2.05, 4.69) is 16.7 Å². The molecular formula is C21H25ClN2O4. The third-order valence-corrected chi connectivity index (χ3v) is 4.06. The quantitative estimate of drug-likeness (QED) is 0.507. The van der Waals surface area contributed by atoms with Gasteiger partial charge in [0, 0.05) is 26.7 Å². The highest BCUT2D eigenvalue weighted by atomic mass is 35.5. The second-order valence-electron chi connectivity index (χ2n) is 6.06. The number of ether oxygens (including phenoxy) is 2. The fourth-order valence-corrected chi connectivity index (χ4v) is 2.64. The molecule has 0 unspecified atom stereocenters. The molecule has 0 fully saturated rings. The topological polar surface area (TPSA) is 72.7 Å². The Bertz CT molecular complexity index is 881. The van der Waals surface area contributed by atoms with Crippen LogP contribution in [0.25, 0.3) is 10.8 Å². The maximum atomic E-state index is 12.1. The van der Waals surface area contributed by atoms with Crippen LogP contribution in [0.5, 0.6) is 5.75 Å². The molecule has 0 radical (unpaired) electrons. The number of hydrogen-bond acceptors (Lipinski definition) is 5. The van der Waals surface area contributed by atoms with Gasteiger partial charge in [0.2, 0.25) is 0 Å². The fourth-order valence-electron chi connectivity index (χ4n) is 2.64. The van der Waals surface area contributed by atoms with Gasteiger partial charge in [-0.05, 0) is 35.0 Å². The zero-order chi connectivity index (χ0) is 18.9. The van der Waals surface area contributed by atoms with Crippen LogP contribution < -0.4 is 15.4 Å². The van der Waals surface area contributed by atoms with Crippen molar-refractivity contribution in [3.8, 4) is 5.75 Å². The lowest BCUT2D eigenvalue weighted by Crippen LogP contribution is -2.32. The predicted molar refractivity (Wildman–Crippen MR) is 111 cm³/mol. The van der Waals surface area contributed by atoms with Crippen LogP contribution in [0.1, 0.15) is 16.3 Å². The van der Waals surface area contributed by atoms with Gasteiger partial charge in [-0.25, -0.2) is 0 Å². The molecule has 28 heavy (non-hydrogen) atoms. The summed E-state index contributed by atoms with van der Waals surface area (Å²) < 4.78 is 16.3. The zero-order valence-corrected chi connectivity index (χ0v) is 16.6. The molecule has 0 aliphatic heterocycles. The molecule has 0 bridgehead atoms. The van der Waals surface area contributed by atoms with Crippen molar-refractivity contribution < 1.29 is 18.7 Å². The van der Waals surface area contributed by atoms with Crippen molar-refractivity contribution in [1.82, 2.24) is 10.6 Å². The molecule has 1 aromatic heterocycles. The summed E-state index contributed by atoms with van der Waals surface area (Å²) in [4.78, 5) is 12.1. The highest BCUT2D eigenvalue weighted by molar-refractivity contribution is 5.91. The number of hydrogen-bond donors (Lipinski definition) is 2. The van der Waals surface area contributed by atoms with E-state index in [1.165, 1.54) is 5.39 Å². The fraction of sp³-hybridized carbons (Fsp3) is 0.286. The molecule has 6 nitrogen and oxygen atoms in total. The standard InChI is InChI=1S/C21H24N2O4.ClH/c1-25-13-12-22-10-11-23-21(24)20-9-8-19(27-20)15-26-18-7-6-16-4-2-3-5-17(16)14-18;/h2-9,14,22H,10-13,15H2,1H3,(H,23,24);1H. The third-order valence-electron chi connectivity index (χ3n) is 4.06. The smallest absolute Gasteiger partial charge is 0.287 e. The van der Waals surface area contributed by atoms with Gasteiger partial charge in [0.25, 0.3) is 5.91 Å². The molecule has 2 N–H and O–H groups in total. The van der Waals surface area contributed by atoms with E-state index in [-0.39, 0.29) is 30.7 Å². The summed E-state index contributed by atoms with van der Waals surface area (Å²) in [6.07, 6.45) is 0. The monoisotopic (exact) mass is 404 g/mol. The highest BCUT2D eigenvalue weighted by Crippen LogP contribution is 2.21. The number of carbonyl (C=O) groups is 1. The van der Waals surface area contributed by atoms with E-state index in [0.29, 0.717) is 25.5 Å². The number of fused-ring (bicyclic) bond motifs is 1. The first kappa shape index (κ1) is 21.8. The molecule has 0 saturated heterocycles. The Morgan fingerprint density at radius 1 is 1.00 bits per heavy atom. The van der Waals surface area contributed by atoms with E-state index in [1.54, 1.807) is 19.2 Å². The first-order chi connectivity index (χ1) is 13.3. The second kappa shape index (κ2) is 11.3. The minimum atomic E-state index is -0.236. The van der Waals surface area contributed by atoms with Crippen molar-refractivity contribution in [1.29, 1.82) is 0 Å². The number of nitrogens with one attached hydrogen (secondary N) is 2. The predicted octanol–water partition coefficient (Wildman–Crippen LogP) is 3.40. The number of carbonyl (C=O) groups excluding carboxylic acids is 1. The van der Waals surface area contributed by atoms with Crippen LogP contribution in [-0.4, -0.2) is 39.3 Å². The Morgan fingerprint density at radius 2 is 1.82 bits per heavy atom. The average Bonchev–Trinajstić information content (AvgIpc) is 3.18. The van der Waals surface area contributed by atoms with Crippen LogP contribution in [0, 0.1) is 0 Å². The van der Waals surface area contributed by atoms with Gasteiger partial charge in [-0.2, -0.15) is 0 Å². The summed E-state index contributed by atoms with van der Waals surface area (Å²) >= 11 is 0. The van der Waals surface area contributed by atoms with Crippen LogP contribution in [0.4, 0.5) is 0 Å². The number of benzene rings is 2. The summed E-state index contributed by atoms with van der Waals surface area (Å²) in [7, 11) is 1.65. The van der Waals surface area contributed by atoms with Gasteiger partial charge in [-0.3, -0.25) is 4.79 Å². The molecule has 0 spiro atoms. The van der Waals surface area contributed by atoms with Gasteiger partial charge in [0.05, 0.1) is 6.61 Å². The van der Waals surface area contributed by atoms with Crippen LogP contribution >= 0.6 is 12.4 Å². The van der Waals surface area contributed by atoms with E-state index in [0.717, 1.165) is 17.7 Å². The summed E-state index contributed by atoms with van der Waals surface area (Å²) in [5.41, 5.74) is 0. The first-order valence-electron chi connectivity index (χ1n) is 8.94. The van der Waals surface area contributed by atoms with Crippen molar-refractivity contribution in [2.75, 3.05) is 33.4 Å². The molecule has 0 saturated carbocycles. The molecule has 1 heterocycles. The lowest BCUT2D eigenvalue weighted by Gasteiger charge is -2.06. The minimum absolute atomic E-state index is 0. The Morgan fingerprint density at radius 3 is 2.64 bits per heavy atom. The van der Waals surface area contributed by atoms with Crippen molar-refractivity contribution in [3.05, 3.63) is 66.1 Å². The molecule has 0 aliphatic carbocycles. The Labute approximate surface area is 170 Å². The number of amides is 1. The summed E-state index contributed by atoms with van der Waals surface area (Å²) in [5, 5.41) is 8.25. The van der Waals surface area contributed by atoms with Crippen molar-refractivity contribution in [2.45, 2.75) is 6.61 Å². The Balaban J connectivity index is 0.00000280. The lowest BCUT2D eigenvalue weighted by molar-refractivity contribution is 0.0922. The van der Waals surface area contributed by atoms with E-state index < -0.39 is 0 Å². The van der Waals surface area contributed by atoms with Gasteiger partial charge in [0.1, 0.15) is 18.1 Å².